The molecule has 1 aliphatic rings. The topological polar surface area (TPSA) is 93.2 Å². The van der Waals surface area contributed by atoms with E-state index in [9.17, 15) is 19.2 Å². The lowest BCUT2D eigenvalue weighted by atomic mass is 9.93. The summed E-state index contributed by atoms with van der Waals surface area (Å²) in [5, 5.41) is 0. The van der Waals surface area contributed by atoms with Crippen molar-refractivity contribution in [3.05, 3.63) is 48.6 Å². The van der Waals surface area contributed by atoms with Crippen LogP contribution in [-0.2, 0) is 24.8 Å². The van der Waals surface area contributed by atoms with Gasteiger partial charge in [0.1, 0.15) is 11.2 Å². The van der Waals surface area contributed by atoms with Gasteiger partial charge in [-0.05, 0) is 60.5 Å². The zero-order valence-electron chi connectivity index (χ0n) is 23.9. The minimum Gasteiger partial charge on any atom is -0.444 e. The summed E-state index contributed by atoms with van der Waals surface area (Å²) in [7, 11) is 0. The van der Waals surface area contributed by atoms with Crippen LogP contribution in [0.3, 0.4) is 0 Å². The zero-order chi connectivity index (χ0) is 28.8. The summed E-state index contributed by atoms with van der Waals surface area (Å²) in [5.41, 5.74) is -0.564. The number of imide groups is 1. The third-order valence-electron chi connectivity index (χ3n) is 6.02. The van der Waals surface area contributed by atoms with Gasteiger partial charge >= 0.3 is 12.2 Å². The first-order valence-corrected chi connectivity index (χ1v) is 14.0. The van der Waals surface area contributed by atoms with Gasteiger partial charge in [0.05, 0.1) is 18.1 Å². The number of hydrogen-bond donors (Lipinski definition) is 0. The molecular weight excluding hydrogens is 504 g/mol. The first-order valence-electron chi connectivity index (χ1n) is 12.8. The van der Waals surface area contributed by atoms with E-state index in [-0.39, 0.29) is 11.7 Å². The number of ketones is 1. The maximum absolute atomic E-state index is 13.5. The normalized spacial score (nSPS) is 20.4. The molecule has 1 fully saturated rings. The van der Waals surface area contributed by atoms with E-state index in [1.165, 1.54) is 30.5 Å². The summed E-state index contributed by atoms with van der Waals surface area (Å²) in [4.78, 5) is 55.1. The zero-order valence-corrected chi connectivity index (χ0v) is 24.7. The van der Waals surface area contributed by atoms with Crippen molar-refractivity contribution in [3.8, 4) is 0 Å². The maximum atomic E-state index is 13.5. The predicted octanol–water partition coefficient (Wildman–Crippen LogP) is 5.84. The Morgan fingerprint density at radius 3 is 2.11 bits per heavy atom. The van der Waals surface area contributed by atoms with Gasteiger partial charge in [-0.2, -0.15) is 11.8 Å². The van der Waals surface area contributed by atoms with E-state index in [1.807, 2.05) is 30.3 Å². The third-order valence-corrected chi connectivity index (χ3v) is 7.14. The van der Waals surface area contributed by atoms with E-state index >= 15 is 0 Å². The highest BCUT2D eigenvalue weighted by molar-refractivity contribution is 7.98. The molecule has 1 aromatic rings. The molecule has 0 bridgehead atoms. The molecule has 1 saturated heterocycles. The molecule has 0 saturated carbocycles. The van der Waals surface area contributed by atoms with Crippen LogP contribution in [0.15, 0.2) is 43.0 Å². The van der Waals surface area contributed by atoms with E-state index < -0.39 is 47.4 Å². The molecule has 4 atom stereocenters. The second kappa shape index (κ2) is 12.8. The summed E-state index contributed by atoms with van der Waals surface area (Å²) >= 11 is 1.53. The first-order chi connectivity index (χ1) is 17.6. The average Bonchev–Trinajstić information content (AvgIpc) is 3.16. The van der Waals surface area contributed by atoms with Gasteiger partial charge < -0.3 is 9.47 Å². The van der Waals surface area contributed by atoms with Crippen LogP contribution < -0.4 is 0 Å². The Morgan fingerprint density at radius 1 is 1.05 bits per heavy atom. The highest BCUT2D eigenvalue weighted by atomic mass is 32.2. The van der Waals surface area contributed by atoms with Gasteiger partial charge in [-0.3, -0.25) is 14.5 Å². The molecule has 0 N–H and O–H groups in total. The number of ether oxygens (including phenoxy) is 2. The molecule has 4 unspecified atom stereocenters. The van der Waals surface area contributed by atoms with Gasteiger partial charge in [-0.25, -0.2) is 14.5 Å². The monoisotopic (exact) mass is 546 g/mol. The van der Waals surface area contributed by atoms with Crippen LogP contribution in [0.2, 0.25) is 0 Å². The molecule has 0 radical (unpaired) electrons. The Balaban J connectivity index is 2.58. The Morgan fingerprint density at radius 2 is 1.63 bits per heavy atom. The molecule has 0 spiro atoms. The highest BCUT2D eigenvalue weighted by Gasteiger charge is 2.52. The fourth-order valence-corrected chi connectivity index (χ4v) is 5.70. The Kier molecular flexibility index (Phi) is 10.6. The van der Waals surface area contributed by atoms with Crippen molar-refractivity contribution in [1.29, 1.82) is 0 Å². The number of nitrogens with zero attached hydrogens (tertiary/aromatic N) is 2. The predicted molar refractivity (Wildman–Crippen MR) is 150 cm³/mol. The quantitative estimate of drug-likeness (QED) is 0.378. The third kappa shape index (κ3) is 8.61. The molecule has 8 nitrogen and oxygen atoms in total. The number of rotatable bonds is 8. The maximum Gasteiger partial charge on any atom is 0.417 e. The molecule has 1 aliphatic heterocycles. The number of hydrogen-bond acceptors (Lipinski definition) is 7. The van der Waals surface area contributed by atoms with Crippen molar-refractivity contribution < 1.29 is 28.7 Å². The van der Waals surface area contributed by atoms with Crippen molar-refractivity contribution >= 4 is 35.6 Å². The molecule has 0 aliphatic carbocycles. The second-order valence-electron chi connectivity index (χ2n) is 11.6. The van der Waals surface area contributed by atoms with E-state index in [1.54, 1.807) is 47.6 Å². The Hall–Kier alpha value is -2.81. The number of thioether (sulfide) groups is 1. The number of amides is 3. The number of likely N-dealkylation sites (tertiary alicyclic amines) is 1. The van der Waals surface area contributed by atoms with Gasteiger partial charge in [-0.15, -0.1) is 6.58 Å². The fourth-order valence-electron chi connectivity index (χ4n) is 4.56. The van der Waals surface area contributed by atoms with Crippen LogP contribution in [-0.4, -0.2) is 68.8 Å². The lowest BCUT2D eigenvalue weighted by Crippen LogP contribution is -2.60. The molecule has 1 heterocycles. The lowest BCUT2D eigenvalue weighted by Gasteiger charge is -2.41. The van der Waals surface area contributed by atoms with Crippen LogP contribution in [0.5, 0.6) is 0 Å². The van der Waals surface area contributed by atoms with Crippen molar-refractivity contribution in [3.63, 3.8) is 0 Å². The molecule has 2 rings (SSSR count). The highest BCUT2D eigenvalue weighted by Crippen LogP contribution is 2.38. The summed E-state index contributed by atoms with van der Waals surface area (Å²) in [6.45, 7) is 17.1. The van der Waals surface area contributed by atoms with Gasteiger partial charge in [0, 0.05) is 24.3 Å². The van der Waals surface area contributed by atoms with Crippen molar-refractivity contribution in [2.24, 2.45) is 5.92 Å². The van der Waals surface area contributed by atoms with Crippen LogP contribution in [0.1, 0.15) is 67.4 Å². The largest absolute Gasteiger partial charge is 0.444 e. The van der Waals surface area contributed by atoms with Gasteiger partial charge in [0.2, 0.25) is 5.91 Å². The van der Waals surface area contributed by atoms with E-state index in [2.05, 4.69) is 6.58 Å². The summed E-state index contributed by atoms with van der Waals surface area (Å²) in [6.07, 6.45) is 0.543. The minimum absolute atomic E-state index is 0.201. The van der Waals surface area contributed by atoms with E-state index in [4.69, 9.17) is 9.47 Å². The molecule has 3 amide bonds. The number of Topliss-reactive ketones (excluding diaryl/α,β-unsaturated/α-hetero) is 1. The second-order valence-corrected chi connectivity index (χ2v) is 12.6. The van der Waals surface area contributed by atoms with E-state index in [0.29, 0.717) is 17.9 Å². The van der Waals surface area contributed by atoms with Crippen LogP contribution in [0.25, 0.3) is 0 Å². The summed E-state index contributed by atoms with van der Waals surface area (Å²) < 4.78 is 11.3. The molecule has 1 aromatic carbocycles. The molecule has 38 heavy (non-hydrogen) atoms. The van der Waals surface area contributed by atoms with Gasteiger partial charge in [0.25, 0.3) is 0 Å². The molecular formula is C29H42N2O6S. The van der Waals surface area contributed by atoms with E-state index in [0.717, 1.165) is 10.5 Å². The average molecular weight is 547 g/mol. The number of carbonyl (C=O) groups excluding carboxylic acids is 4. The molecule has 210 valence electrons. The van der Waals surface area contributed by atoms with Crippen molar-refractivity contribution in [2.45, 2.75) is 96.9 Å². The van der Waals surface area contributed by atoms with Crippen molar-refractivity contribution in [1.82, 2.24) is 9.80 Å². The minimum atomic E-state index is -0.840. The number of carbonyl (C=O) groups is 4. The summed E-state index contributed by atoms with van der Waals surface area (Å²) in [5.74, 6) is -0.128. The van der Waals surface area contributed by atoms with Crippen LogP contribution >= 0.6 is 11.8 Å². The van der Waals surface area contributed by atoms with Crippen LogP contribution in [0.4, 0.5) is 9.59 Å². The SMILES string of the molecule is C=CC1CC(C(C)=O)N(C(=O)OC(C)(C)C)C1C(CSCc1ccccc1)N(C(C)=O)C(=O)OC(C)(C)C. The summed E-state index contributed by atoms with van der Waals surface area (Å²) in [6, 6.07) is 7.54. The Bertz CT molecular complexity index is 1010. The van der Waals surface area contributed by atoms with Crippen LogP contribution in [0, 0.1) is 5.92 Å². The fraction of sp³-hybridized carbons (Fsp3) is 0.586. The van der Waals surface area contributed by atoms with Gasteiger partial charge in [0.15, 0.2) is 5.78 Å². The smallest absolute Gasteiger partial charge is 0.417 e. The lowest BCUT2D eigenvalue weighted by molar-refractivity contribution is -0.131. The van der Waals surface area contributed by atoms with Gasteiger partial charge in [-0.1, -0.05) is 36.4 Å². The number of benzene rings is 1. The molecule has 9 heteroatoms. The Labute approximate surface area is 231 Å². The first kappa shape index (κ1) is 31.4. The van der Waals surface area contributed by atoms with Crippen molar-refractivity contribution in [2.75, 3.05) is 5.75 Å². The standard InChI is InChI=1S/C29H42N2O6S/c1-10-22-16-23(19(2)32)31(27(35)37-29(7,8)9)25(22)24(18-38-17-21-14-12-11-13-15-21)30(20(3)33)26(34)36-28(4,5)6/h10-15,22-25H,1,16-18H2,2-9H3. The molecule has 0 aromatic heterocycles.